The van der Waals surface area contributed by atoms with E-state index in [2.05, 4.69) is 15.2 Å². The molecule has 1 aliphatic heterocycles. The molecule has 0 aromatic rings. The van der Waals surface area contributed by atoms with Gasteiger partial charge in [0.15, 0.2) is 0 Å². The first-order valence-corrected chi connectivity index (χ1v) is 8.00. The van der Waals surface area contributed by atoms with E-state index in [0.29, 0.717) is 11.7 Å². The third kappa shape index (κ3) is 2.87. The molecule has 6 N–H and O–H groups in total. The predicted octanol–water partition coefficient (Wildman–Crippen LogP) is 2.80. The third-order valence-electron chi connectivity index (χ3n) is 6.26. The van der Waals surface area contributed by atoms with Gasteiger partial charge < -0.3 is 16.9 Å². The Balaban J connectivity index is 3.70. The molecule has 1 aliphatic rings. The Bertz CT molecular complexity index is 590. The number of nitrogens with two attached hydrogens (primary N) is 2. The van der Waals surface area contributed by atoms with Crippen molar-refractivity contribution in [1.29, 1.82) is 10.8 Å². The summed E-state index contributed by atoms with van der Waals surface area (Å²) in [7, 11) is 0. The Morgan fingerprint density at radius 1 is 0.708 bits per heavy atom. The fourth-order valence-electron chi connectivity index (χ4n) is 2.08. The summed E-state index contributed by atoms with van der Waals surface area (Å²) >= 11 is 0. The summed E-state index contributed by atoms with van der Waals surface area (Å²) in [5.74, 6) is 0.735. The first kappa shape index (κ1) is 20.0. The molecule has 7 nitrogen and oxygen atoms in total. The molecule has 7 heteroatoms. The Kier molecular flexibility index (Phi) is 4.82. The highest BCUT2D eigenvalue weighted by Crippen LogP contribution is 2.42. The summed E-state index contributed by atoms with van der Waals surface area (Å²) in [4.78, 5) is 4.25. The molecule has 24 heavy (non-hydrogen) atoms. The number of nitrogens with one attached hydrogen (secondary N) is 2. The zero-order valence-electron chi connectivity index (χ0n) is 16.1. The molecule has 1 rings (SSSR count). The van der Waals surface area contributed by atoms with Crippen LogP contribution in [0.4, 0.5) is 0 Å². The van der Waals surface area contributed by atoms with E-state index in [0.717, 1.165) is 0 Å². The van der Waals surface area contributed by atoms with Crippen LogP contribution in [0.2, 0.25) is 0 Å². The molecule has 0 atom stereocenters. The Morgan fingerprint density at radius 3 is 1.50 bits per heavy atom. The van der Waals surface area contributed by atoms with Gasteiger partial charge in [-0.2, -0.15) is 0 Å². The van der Waals surface area contributed by atoms with Crippen LogP contribution < -0.4 is 11.5 Å². The lowest BCUT2D eigenvalue weighted by molar-refractivity contribution is 0.277. The van der Waals surface area contributed by atoms with Gasteiger partial charge in [-0.15, -0.1) is 10.2 Å². The van der Waals surface area contributed by atoms with Crippen molar-refractivity contribution in [1.82, 2.24) is 0 Å². The van der Waals surface area contributed by atoms with E-state index in [-0.39, 0.29) is 11.5 Å². The molecule has 0 spiro atoms. The molecule has 0 saturated carbocycles. The minimum absolute atomic E-state index is 0.140. The second-order valence-electron chi connectivity index (χ2n) is 8.49. The second kappa shape index (κ2) is 5.79. The van der Waals surface area contributed by atoms with Gasteiger partial charge in [0.05, 0.1) is 11.9 Å². The first-order chi connectivity index (χ1) is 10.6. The van der Waals surface area contributed by atoms with Gasteiger partial charge in [0.2, 0.25) is 0 Å². The predicted molar refractivity (Wildman–Crippen MR) is 102 cm³/mol. The molecule has 134 valence electrons. The van der Waals surface area contributed by atoms with Crippen LogP contribution in [-0.4, -0.2) is 29.4 Å². The van der Waals surface area contributed by atoms with Crippen LogP contribution in [0.5, 0.6) is 0 Å². The number of amidine groups is 3. The van der Waals surface area contributed by atoms with Crippen molar-refractivity contribution in [2.45, 2.75) is 55.4 Å². The molecule has 0 radical (unpaired) electrons. The van der Waals surface area contributed by atoms with E-state index < -0.39 is 21.7 Å². The van der Waals surface area contributed by atoms with Gasteiger partial charge in [-0.05, 0) is 0 Å². The van der Waals surface area contributed by atoms with Crippen LogP contribution in [0.15, 0.2) is 15.2 Å². The molecule has 0 unspecified atom stereocenters. The summed E-state index contributed by atoms with van der Waals surface area (Å²) in [5, 5.41) is 25.1. The van der Waals surface area contributed by atoms with E-state index in [9.17, 15) is 0 Å². The zero-order chi connectivity index (χ0) is 19.1. The van der Waals surface area contributed by atoms with Crippen molar-refractivity contribution in [3.05, 3.63) is 0 Å². The van der Waals surface area contributed by atoms with E-state index in [4.69, 9.17) is 22.3 Å². The van der Waals surface area contributed by atoms with Gasteiger partial charge in [0, 0.05) is 21.7 Å². The molecule has 0 fully saturated rings. The smallest absolute Gasteiger partial charge is 0.129 e. The molecular weight excluding hydrogens is 302 g/mol. The molecule has 0 saturated heterocycles. The molecule has 1 heterocycles. The van der Waals surface area contributed by atoms with Crippen LogP contribution in [0.25, 0.3) is 0 Å². The van der Waals surface area contributed by atoms with Crippen molar-refractivity contribution >= 4 is 29.4 Å². The number of nitrogens with zero attached hydrogens (tertiary/aromatic N) is 3. The Morgan fingerprint density at radius 2 is 1.08 bits per heavy atom. The number of hydrogen-bond donors (Lipinski definition) is 4. The van der Waals surface area contributed by atoms with Crippen LogP contribution in [-0.2, 0) is 0 Å². The number of aliphatic imine (C=N–C) groups is 1. The summed E-state index contributed by atoms with van der Waals surface area (Å²) in [6, 6.07) is 0. The average molecular weight is 333 g/mol. The van der Waals surface area contributed by atoms with Crippen LogP contribution in [0.3, 0.4) is 0 Å². The lowest BCUT2D eigenvalue weighted by Crippen LogP contribution is -2.50. The summed E-state index contributed by atoms with van der Waals surface area (Å²) < 4.78 is 0. The molecule has 0 bridgehead atoms. The Hall–Kier alpha value is -2.05. The van der Waals surface area contributed by atoms with Crippen molar-refractivity contribution in [2.75, 3.05) is 0 Å². The van der Waals surface area contributed by atoms with Gasteiger partial charge in [0.25, 0.3) is 0 Å². The van der Waals surface area contributed by atoms with Crippen LogP contribution >= 0.6 is 0 Å². The van der Waals surface area contributed by atoms with E-state index in [1.165, 1.54) is 6.21 Å². The minimum atomic E-state index is -0.694. The normalized spacial score (nSPS) is 31.7. The fourth-order valence-corrected chi connectivity index (χ4v) is 2.08. The largest absolute Gasteiger partial charge is 0.385 e. The first-order valence-electron chi connectivity index (χ1n) is 8.00. The topological polar surface area (TPSA) is 137 Å². The molecule has 0 amide bonds. The highest BCUT2D eigenvalue weighted by molar-refractivity contribution is 6.34. The second-order valence-corrected chi connectivity index (χ2v) is 8.49. The van der Waals surface area contributed by atoms with Crippen LogP contribution in [0, 0.1) is 32.5 Å². The van der Waals surface area contributed by atoms with Crippen LogP contribution in [0.1, 0.15) is 55.4 Å². The highest BCUT2D eigenvalue weighted by Gasteiger charge is 2.46. The minimum Gasteiger partial charge on any atom is -0.385 e. The number of hydrogen-bond acceptors (Lipinski definition) is 6. The molecule has 0 aromatic carbocycles. The average Bonchev–Trinajstić information content (AvgIpc) is 2.47. The Labute approximate surface area is 144 Å². The summed E-state index contributed by atoms with van der Waals surface area (Å²) in [6.45, 7) is 15.2. The van der Waals surface area contributed by atoms with Gasteiger partial charge in [-0.1, -0.05) is 55.4 Å². The maximum Gasteiger partial charge on any atom is 0.129 e. The zero-order valence-corrected chi connectivity index (χ0v) is 16.1. The quantitative estimate of drug-likeness (QED) is 0.542. The van der Waals surface area contributed by atoms with Crippen molar-refractivity contribution < 1.29 is 0 Å². The van der Waals surface area contributed by atoms with Crippen molar-refractivity contribution in [3.8, 4) is 0 Å². The van der Waals surface area contributed by atoms with Crippen molar-refractivity contribution in [2.24, 2.45) is 48.3 Å². The summed E-state index contributed by atoms with van der Waals surface area (Å²) in [5.41, 5.74) is 9.99. The number of rotatable bonds is 0. The van der Waals surface area contributed by atoms with Gasteiger partial charge in [-0.25, -0.2) is 4.99 Å². The van der Waals surface area contributed by atoms with Gasteiger partial charge in [-0.3, -0.25) is 5.41 Å². The van der Waals surface area contributed by atoms with E-state index >= 15 is 0 Å². The maximum absolute atomic E-state index is 8.41. The van der Waals surface area contributed by atoms with E-state index in [1.54, 1.807) is 0 Å². The SMILES string of the molecule is CC1(C)C(=N)/C=N\C(=N)C(C)(C)C(C)(C)/C(N)=N/N=C(\N)C1(C)C. The van der Waals surface area contributed by atoms with Crippen molar-refractivity contribution in [3.63, 3.8) is 0 Å². The molecule has 0 aromatic heterocycles. The third-order valence-corrected chi connectivity index (χ3v) is 6.26. The lowest BCUT2D eigenvalue weighted by Gasteiger charge is -2.42. The fraction of sp³-hybridized carbons (Fsp3) is 0.706. The monoisotopic (exact) mass is 333 g/mol. The molecular formula is C17H31N7. The molecule has 0 aliphatic carbocycles. The standard InChI is InChI=1S/C17H31N7/c1-14(2)10(18)9-22-11(19)15(3,4)17(7,8)13(21)24-23-12(20)16(14,5)6/h9,18-19H,1-8H3,(H2,20,23)(H2,21,24)/b18-10?,19-11?,22-9-. The summed E-state index contributed by atoms with van der Waals surface area (Å²) in [6.07, 6.45) is 1.43. The van der Waals surface area contributed by atoms with Gasteiger partial charge in [0.1, 0.15) is 17.5 Å². The van der Waals surface area contributed by atoms with Gasteiger partial charge >= 0.3 is 0 Å². The van der Waals surface area contributed by atoms with E-state index in [1.807, 2.05) is 55.4 Å². The maximum atomic E-state index is 8.41. The lowest BCUT2D eigenvalue weighted by atomic mass is 9.64. The highest BCUT2D eigenvalue weighted by atomic mass is 15.3.